The maximum atomic E-state index is 13.4. The predicted molar refractivity (Wildman–Crippen MR) is 136 cm³/mol. The first-order chi connectivity index (χ1) is 15.8. The van der Waals surface area contributed by atoms with E-state index in [1.54, 1.807) is 23.5 Å². The van der Waals surface area contributed by atoms with Gasteiger partial charge in [-0.2, -0.15) is 0 Å². The van der Waals surface area contributed by atoms with Crippen LogP contribution in [0.5, 0.6) is 0 Å². The van der Waals surface area contributed by atoms with Crippen LogP contribution in [0.2, 0.25) is 0 Å². The molecule has 32 heavy (non-hydrogen) atoms. The van der Waals surface area contributed by atoms with Gasteiger partial charge in [-0.3, -0.25) is 0 Å². The molecule has 0 amide bonds. The average molecular weight is 455 g/mol. The molecule has 5 aromatic rings. The van der Waals surface area contributed by atoms with Crippen LogP contribution < -0.4 is 15.9 Å². The topological polar surface area (TPSA) is 12.9 Å². The second kappa shape index (κ2) is 9.16. The quantitative estimate of drug-likeness (QED) is 0.269. The largest absolute Gasteiger partial charge is 0.237 e. The molecule has 1 nitrogen and oxygen atoms in total. The monoisotopic (exact) mass is 454 g/mol. The molecule has 156 valence electrons. The Bertz CT molecular complexity index is 1190. The fourth-order valence-electron chi connectivity index (χ4n) is 4.12. The molecule has 0 N–H and O–H groups in total. The van der Waals surface area contributed by atoms with Crippen molar-refractivity contribution in [2.75, 3.05) is 0 Å². The lowest BCUT2D eigenvalue weighted by Gasteiger charge is -2.27. The lowest BCUT2D eigenvalue weighted by atomic mass is 10.2. The van der Waals surface area contributed by atoms with Gasteiger partial charge in [-0.15, -0.1) is 11.3 Å². The van der Waals surface area contributed by atoms with Gasteiger partial charge < -0.3 is 0 Å². The summed E-state index contributed by atoms with van der Waals surface area (Å²) in [6, 6.07) is 39.1. The Hall–Kier alpha value is -3.13. The number of hydrogen-bond acceptors (Lipinski definition) is 2. The highest BCUT2D eigenvalue weighted by Crippen LogP contribution is 2.58. The third-order valence-corrected chi connectivity index (χ3v) is 10.9. The molecule has 4 aromatic carbocycles. The molecule has 5 rings (SSSR count). The summed E-state index contributed by atoms with van der Waals surface area (Å²) in [5.74, 6) is -0.229. The lowest BCUT2D eigenvalue weighted by Crippen LogP contribution is -2.32. The summed E-state index contributed by atoms with van der Waals surface area (Å²) in [5, 5.41) is 7.10. The van der Waals surface area contributed by atoms with Crippen LogP contribution in [0.3, 0.4) is 0 Å². The number of benzene rings is 4. The fourth-order valence-corrected chi connectivity index (χ4v) is 9.20. The Morgan fingerprint density at radius 3 is 1.56 bits per heavy atom. The van der Waals surface area contributed by atoms with Crippen molar-refractivity contribution in [3.05, 3.63) is 132 Å². The minimum absolute atomic E-state index is 0.229. The normalized spacial score (nSPS) is 11.4. The Labute approximate surface area is 192 Å². The molecule has 0 aliphatic carbocycles. The van der Waals surface area contributed by atoms with Crippen molar-refractivity contribution in [3.63, 3.8) is 0 Å². The molecule has 1 aromatic heterocycles. The van der Waals surface area contributed by atoms with Gasteiger partial charge in [0.2, 0.25) is 0 Å². The Morgan fingerprint density at radius 1 is 0.625 bits per heavy atom. The van der Waals surface area contributed by atoms with E-state index in [0.717, 1.165) is 22.4 Å². The van der Waals surface area contributed by atoms with Gasteiger partial charge in [0.25, 0.3) is 0 Å². The summed E-state index contributed by atoms with van der Waals surface area (Å²) >= 11 is 1.62. The summed E-state index contributed by atoms with van der Waals surface area (Å²) in [7, 11) is -1.98. The molecule has 0 aliphatic rings. The summed E-state index contributed by atoms with van der Waals surface area (Å²) < 4.78 is 13.4. The molecule has 0 spiro atoms. The Balaban J connectivity index is 1.66. The van der Waals surface area contributed by atoms with E-state index in [4.69, 9.17) is 4.98 Å². The van der Waals surface area contributed by atoms with Crippen molar-refractivity contribution >= 4 is 34.5 Å². The highest BCUT2D eigenvalue weighted by Gasteiger charge is 2.46. The Morgan fingerprint density at radius 2 is 1.09 bits per heavy atom. The smallest absolute Gasteiger partial charge is 0.123 e. The van der Waals surface area contributed by atoms with Gasteiger partial charge in [-0.05, 0) is 60.7 Å². The van der Waals surface area contributed by atoms with Crippen LogP contribution in [0.15, 0.2) is 121 Å². The van der Waals surface area contributed by atoms with Crippen LogP contribution in [0.25, 0.3) is 10.6 Å². The molecule has 0 atom stereocenters. The van der Waals surface area contributed by atoms with Crippen LogP contribution in [0.1, 0.15) is 5.69 Å². The standard InChI is InChI=1S/C28H22FNPS/c29-23-18-16-22(17-19-23)28-30-24(21-32-28)20-31(25-10-4-1-5-11-25,26-12-6-2-7-13-26)27-14-8-3-9-15-27/h1-19,21H,20H2/q+1. The second-order valence-electron chi connectivity index (χ2n) is 7.63. The van der Waals surface area contributed by atoms with Crippen molar-refractivity contribution in [1.82, 2.24) is 4.98 Å². The third kappa shape index (κ3) is 4.02. The number of nitrogens with zero attached hydrogens (tertiary/aromatic N) is 1. The van der Waals surface area contributed by atoms with Gasteiger partial charge in [-0.25, -0.2) is 9.37 Å². The molecule has 0 saturated carbocycles. The SMILES string of the molecule is Fc1ccc(-c2nc(C[P+](c3ccccc3)(c3ccccc3)c3ccccc3)cs2)cc1. The van der Waals surface area contributed by atoms with E-state index in [0.29, 0.717) is 0 Å². The van der Waals surface area contributed by atoms with Gasteiger partial charge >= 0.3 is 0 Å². The number of hydrogen-bond donors (Lipinski definition) is 0. The second-order valence-corrected chi connectivity index (χ2v) is 12.0. The number of rotatable bonds is 6. The van der Waals surface area contributed by atoms with Crippen LogP contribution in [0, 0.1) is 5.82 Å². The first-order valence-electron chi connectivity index (χ1n) is 10.5. The predicted octanol–water partition coefficient (Wildman–Crippen LogP) is 6.44. The number of halogens is 1. The lowest BCUT2D eigenvalue weighted by molar-refractivity contribution is 0.628. The summed E-state index contributed by atoms with van der Waals surface area (Å²) in [6.45, 7) is 0. The van der Waals surface area contributed by atoms with Crippen molar-refractivity contribution in [3.8, 4) is 10.6 Å². The highest BCUT2D eigenvalue weighted by atomic mass is 32.1. The van der Waals surface area contributed by atoms with Crippen molar-refractivity contribution in [2.24, 2.45) is 0 Å². The first kappa shape index (κ1) is 20.8. The third-order valence-electron chi connectivity index (χ3n) is 5.63. The van der Waals surface area contributed by atoms with Crippen LogP contribution in [0.4, 0.5) is 4.39 Å². The van der Waals surface area contributed by atoms with E-state index in [9.17, 15) is 4.39 Å². The van der Waals surface area contributed by atoms with Gasteiger partial charge in [0.05, 0.1) is 5.69 Å². The van der Waals surface area contributed by atoms with Crippen molar-refractivity contribution < 1.29 is 4.39 Å². The zero-order chi connectivity index (χ0) is 21.8. The average Bonchev–Trinajstić information content (AvgIpc) is 3.33. The summed E-state index contributed by atoms with van der Waals surface area (Å²) in [5.41, 5.74) is 2.02. The molecule has 0 aliphatic heterocycles. The zero-order valence-electron chi connectivity index (χ0n) is 17.4. The van der Waals surface area contributed by atoms with E-state index in [1.807, 2.05) is 0 Å². The number of aromatic nitrogens is 1. The van der Waals surface area contributed by atoms with Gasteiger partial charge in [0.15, 0.2) is 0 Å². The van der Waals surface area contributed by atoms with Crippen molar-refractivity contribution in [2.45, 2.75) is 6.16 Å². The molecule has 0 fully saturated rings. The molecular formula is C28H22FNPS+. The van der Waals surface area contributed by atoms with E-state index in [1.165, 1.54) is 28.0 Å². The zero-order valence-corrected chi connectivity index (χ0v) is 19.1. The van der Waals surface area contributed by atoms with E-state index < -0.39 is 7.26 Å². The molecule has 4 heteroatoms. The number of thiazole rings is 1. The minimum atomic E-state index is -1.98. The van der Waals surface area contributed by atoms with Gasteiger partial charge in [0, 0.05) is 10.9 Å². The highest BCUT2D eigenvalue weighted by molar-refractivity contribution is 7.95. The minimum Gasteiger partial charge on any atom is -0.237 e. The van der Waals surface area contributed by atoms with Crippen molar-refractivity contribution in [1.29, 1.82) is 0 Å². The fraction of sp³-hybridized carbons (Fsp3) is 0.0357. The summed E-state index contributed by atoms with van der Waals surface area (Å²) in [6.07, 6.45) is 0.836. The van der Waals surface area contributed by atoms with Crippen LogP contribution in [-0.4, -0.2) is 4.98 Å². The molecule has 1 heterocycles. The van der Waals surface area contributed by atoms with E-state index >= 15 is 0 Å². The van der Waals surface area contributed by atoms with Crippen LogP contribution >= 0.6 is 18.6 Å². The molecule has 0 saturated heterocycles. The van der Waals surface area contributed by atoms with Gasteiger partial charge in [0.1, 0.15) is 40.2 Å². The molecule has 0 radical (unpaired) electrons. The maximum absolute atomic E-state index is 13.4. The first-order valence-corrected chi connectivity index (χ1v) is 13.4. The van der Waals surface area contributed by atoms with E-state index in [2.05, 4.69) is 96.4 Å². The molecule has 0 bridgehead atoms. The maximum Gasteiger partial charge on any atom is 0.123 e. The Kier molecular flexibility index (Phi) is 5.94. The molecule has 0 unspecified atom stereocenters. The van der Waals surface area contributed by atoms with Gasteiger partial charge in [-0.1, -0.05) is 54.6 Å². The summed E-state index contributed by atoms with van der Waals surface area (Å²) in [4.78, 5) is 5.00. The van der Waals surface area contributed by atoms with E-state index in [-0.39, 0.29) is 5.82 Å². The van der Waals surface area contributed by atoms with Crippen LogP contribution in [-0.2, 0) is 6.16 Å². The molecular weight excluding hydrogens is 432 g/mol.